The van der Waals surface area contributed by atoms with Crippen LogP contribution in [0.15, 0.2) is 28.9 Å². The van der Waals surface area contributed by atoms with E-state index in [0.29, 0.717) is 0 Å². The van der Waals surface area contributed by atoms with Gasteiger partial charge >= 0.3 is 0 Å². The summed E-state index contributed by atoms with van der Waals surface area (Å²) in [4.78, 5) is 4.37. The Balaban J connectivity index is 2.08. The van der Waals surface area contributed by atoms with Crippen molar-refractivity contribution in [2.24, 2.45) is 0 Å². The summed E-state index contributed by atoms with van der Waals surface area (Å²) < 4.78 is 3.26. The summed E-state index contributed by atoms with van der Waals surface area (Å²) in [5, 5.41) is 4.69. The van der Waals surface area contributed by atoms with Gasteiger partial charge in [-0.25, -0.2) is 0 Å². The monoisotopic (exact) mass is 291 g/mol. The SMILES string of the molecule is Brc1c(-c2ccccn2)nn2c1CCCCC2. The van der Waals surface area contributed by atoms with Crippen molar-refractivity contribution in [1.29, 1.82) is 0 Å². The molecule has 0 saturated heterocycles. The van der Waals surface area contributed by atoms with E-state index in [2.05, 4.69) is 30.7 Å². The Hall–Kier alpha value is -1.16. The van der Waals surface area contributed by atoms with Gasteiger partial charge in [0.25, 0.3) is 0 Å². The maximum atomic E-state index is 4.69. The van der Waals surface area contributed by atoms with Gasteiger partial charge in [0.2, 0.25) is 0 Å². The van der Waals surface area contributed by atoms with Crippen LogP contribution < -0.4 is 0 Å². The Morgan fingerprint density at radius 1 is 1.18 bits per heavy atom. The molecule has 4 heteroatoms. The fourth-order valence-corrected chi connectivity index (χ4v) is 2.98. The third-order valence-corrected chi connectivity index (χ3v) is 4.02. The lowest BCUT2D eigenvalue weighted by atomic mass is 10.1. The van der Waals surface area contributed by atoms with Gasteiger partial charge in [-0.05, 0) is 47.3 Å². The van der Waals surface area contributed by atoms with Crippen LogP contribution in [-0.4, -0.2) is 14.8 Å². The Bertz CT molecular complexity index is 519. The second kappa shape index (κ2) is 4.61. The minimum Gasteiger partial charge on any atom is -0.268 e. The van der Waals surface area contributed by atoms with Gasteiger partial charge in [0.1, 0.15) is 5.69 Å². The number of aromatic nitrogens is 3. The lowest BCUT2D eigenvalue weighted by molar-refractivity contribution is 0.577. The minimum atomic E-state index is 0.944. The van der Waals surface area contributed by atoms with Crippen LogP contribution >= 0.6 is 15.9 Å². The quantitative estimate of drug-likeness (QED) is 0.806. The summed E-state index contributed by atoms with van der Waals surface area (Å²) in [6, 6.07) is 5.94. The van der Waals surface area contributed by atoms with Crippen LogP contribution in [0.3, 0.4) is 0 Å². The molecule has 2 aromatic heterocycles. The third kappa shape index (κ3) is 2.02. The molecule has 0 radical (unpaired) electrons. The van der Waals surface area contributed by atoms with Crippen LogP contribution in [0.25, 0.3) is 11.4 Å². The van der Waals surface area contributed by atoms with Crippen molar-refractivity contribution in [3.63, 3.8) is 0 Å². The zero-order valence-electron chi connectivity index (χ0n) is 9.56. The highest BCUT2D eigenvalue weighted by atomic mass is 79.9. The van der Waals surface area contributed by atoms with E-state index in [1.807, 2.05) is 24.4 Å². The molecule has 0 fully saturated rings. The first-order chi connectivity index (χ1) is 8.36. The van der Waals surface area contributed by atoms with Crippen LogP contribution in [0.4, 0.5) is 0 Å². The van der Waals surface area contributed by atoms with Gasteiger partial charge < -0.3 is 0 Å². The zero-order chi connectivity index (χ0) is 11.7. The van der Waals surface area contributed by atoms with E-state index < -0.39 is 0 Å². The lowest BCUT2D eigenvalue weighted by Gasteiger charge is -2.00. The predicted octanol–water partition coefficient (Wildman–Crippen LogP) is 3.43. The third-order valence-electron chi connectivity index (χ3n) is 3.18. The van der Waals surface area contributed by atoms with Crippen LogP contribution in [0, 0.1) is 0 Å². The van der Waals surface area contributed by atoms with Crippen molar-refractivity contribution in [1.82, 2.24) is 14.8 Å². The van der Waals surface area contributed by atoms with E-state index in [1.165, 1.54) is 25.0 Å². The van der Waals surface area contributed by atoms with Gasteiger partial charge in [0, 0.05) is 12.7 Å². The van der Waals surface area contributed by atoms with Crippen molar-refractivity contribution in [3.8, 4) is 11.4 Å². The first-order valence-electron chi connectivity index (χ1n) is 6.03. The zero-order valence-corrected chi connectivity index (χ0v) is 11.2. The van der Waals surface area contributed by atoms with Crippen molar-refractivity contribution >= 4 is 15.9 Å². The molecule has 0 spiro atoms. The molecule has 17 heavy (non-hydrogen) atoms. The first-order valence-corrected chi connectivity index (χ1v) is 6.82. The Labute approximate surface area is 109 Å². The Morgan fingerprint density at radius 3 is 2.94 bits per heavy atom. The van der Waals surface area contributed by atoms with Gasteiger partial charge in [-0.15, -0.1) is 0 Å². The number of aryl methyl sites for hydroxylation is 1. The van der Waals surface area contributed by atoms with Crippen LogP contribution in [0.1, 0.15) is 25.0 Å². The molecule has 0 aromatic carbocycles. The molecular weight excluding hydrogens is 278 g/mol. The Kier molecular flexibility index (Phi) is 2.97. The topological polar surface area (TPSA) is 30.7 Å². The molecule has 2 aromatic rings. The number of hydrogen-bond donors (Lipinski definition) is 0. The highest BCUT2D eigenvalue weighted by Gasteiger charge is 2.18. The molecule has 0 amide bonds. The number of hydrogen-bond acceptors (Lipinski definition) is 2. The summed E-state index contributed by atoms with van der Waals surface area (Å²) in [6.07, 6.45) is 6.70. The summed E-state index contributed by atoms with van der Waals surface area (Å²) in [5.74, 6) is 0. The normalized spacial score (nSPS) is 15.4. The van der Waals surface area contributed by atoms with E-state index >= 15 is 0 Å². The molecule has 0 atom stereocenters. The average molecular weight is 292 g/mol. The van der Waals surface area contributed by atoms with Crippen LogP contribution in [-0.2, 0) is 13.0 Å². The molecule has 0 aliphatic carbocycles. The highest BCUT2D eigenvalue weighted by Crippen LogP contribution is 2.31. The van der Waals surface area contributed by atoms with E-state index in [9.17, 15) is 0 Å². The van der Waals surface area contributed by atoms with Crippen LogP contribution in [0.5, 0.6) is 0 Å². The second-order valence-electron chi connectivity index (χ2n) is 4.36. The number of rotatable bonds is 1. The Morgan fingerprint density at radius 2 is 2.12 bits per heavy atom. The maximum Gasteiger partial charge on any atom is 0.125 e. The van der Waals surface area contributed by atoms with Gasteiger partial charge in [0.15, 0.2) is 0 Å². The smallest absolute Gasteiger partial charge is 0.125 e. The van der Waals surface area contributed by atoms with Crippen molar-refractivity contribution < 1.29 is 0 Å². The van der Waals surface area contributed by atoms with E-state index in [-0.39, 0.29) is 0 Å². The fourth-order valence-electron chi connectivity index (χ4n) is 2.30. The standard InChI is InChI=1S/C13H14BrN3/c14-12-11-7-2-1-5-9-17(11)16-13(12)10-6-3-4-8-15-10/h3-4,6,8H,1-2,5,7,9H2. The van der Waals surface area contributed by atoms with Crippen molar-refractivity contribution in [2.45, 2.75) is 32.2 Å². The molecule has 88 valence electrons. The number of fused-ring (bicyclic) bond motifs is 1. The highest BCUT2D eigenvalue weighted by molar-refractivity contribution is 9.10. The predicted molar refractivity (Wildman–Crippen MR) is 70.7 cm³/mol. The summed E-state index contributed by atoms with van der Waals surface area (Å²) >= 11 is 3.69. The minimum absolute atomic E-state index is 0.944. The van der Waals surface area contributed by atoms with Gasteiger partial charge in [0.05, 0.1) is 15.9 Å². The van der Waals surface area contributed by atoms with Gasteiger partial charge in [-0.2, -0.15) is 5.10 Å². The van der Waals surface area contributed by atoms with Crippen molar-refractivity contribution in [2.75, 3.05) is 0 Å². The molecule has 0 saturated carbocycles. The van der Waals surface area contributed by atoms with Crippen LogP contribution in [0.2, 0.25) is 0 Å². The van der Waals surface area contributed by atoms with E-state index in [0.717, 1.165) is 28.8 Å². The maximum absolute atomic E-state index is 4.69. The average Bonchev–Trinajstić information content (AvgIpc) is 2.56. The largest absolute Gasteiger partial charge is 0.268 e. The van der Waals surface area contributed by atoms with E-state index in [1.54, 1.807) is 0 Å². The summed E-state index contributed by atoms with van der Waals surface area (Å²) in [6.45, 7) is 1.03. The summed E-state index contributed by atoms with van der Waals surface area (Å²) in [5.41, 5.74) is 3.24. The first kappa shape index (κ1) is 11.0. The van der Waals surface area contributed by atoms with E-state index in [4.69, 9.17) is 0 Å². The molecule has 3 nitrogen and oxygen atoms in total. The number of halogens is 1. The fraction of sp³-hybridized carbons (Fsp3) is 0.385. The molecule has 3 heterocycles. The molecule has 1 aliphatic heterocycles. The molecule has 1 aliphatic rings. The number of pyridine rings is 1. The lowest BCUT2D eigenvalue weighted by Crippen LogP contribution is -2.01. The molecule has 0 bridgehead atoms. The molecule has 0 unspecified atom stereocenters. The van der Waals surface area contributed by atoms with Gasteiger partial charge in [-0.1, -0.05) is 12.5 Å². The summed E-state index contributed by atoms with van der Waals surface area (Å²) in [7, 11) is 0. The van der Waals surface area contributed by atoms with Gasteiger partial charge in [-0.3, -0.25) is 9.67 Å². The van der Waals surface area contributed by atoms with Crippen molar-refractivity contribution in [3.05, 3.63) is 34.6 Å². The number of nitrogens with zero attached hydrogens (tertiary/aromatic N) is 3. The molecular formula is C13H14BrN3. The second-order valence-corrected chi connectivity index (χ2v) is 5.15. The molecule has 3 rings (SSSR count). The molecule has 0 N–H and O–H groups in total.